The highest BCUT2D eigenvalue weighted by Crippen LogP contribution is 2.29. The molecule has 20 heavy (non-hydrogen) atoms. The molecule has 2 rings (SSSR count). The smallest absolute Gasteiger partial charge is 0.0594 e. The number of ether oxygens (including phenoxy) is 1. The van der Waals surface area contributed by atoms with Crippen molar-refractivity contribution in [2.45, 2.75) is 58.4 Å². The number of morpholine rings is 1. The second kappa shape index (κ2) is 9.01. The largest absolute Gasteiger partial charge is 0.379 e. The maximum Gasteiger partial charge on any atom is 0.0594 e. The van der Waals surface area contributed by atoms with Crippen LogP contribution in [0.4, 0.5) is 0 Å². The Hall–Kier alpha value is -0.120. The highest BCUT2D eigenvalue weighted by atomic mass is 16.5. The van der Waals surface area contributed by atoms with E-state index in [1.54, 1.807) is 0 Å². The predicted molar refractivity (Wildman–Crippen MR) is 85.1 cm³/mol. The van der Waals surface area contributed by atoms with Crippen molar-refractivity contribution in [2.24, 2.45) is 11.8 Å². The Morgan fingerprint density at radius 1 is 1.20 bits per heavy atom. The standard InChI is InChI=1S/C17H34N2O/c1-15(2)13-16-5-3-6-17(14-16)18-7-4-8-19-9-11-20-12-10-19/h15-18H,3-14H2,1-2H3. The summed E-state index contributed by atoms with van der Waals surface area (Å²) in [6.45, 7) is 11.2. The van der Waals surface area contributed by atoms with E-state index in [0.29, 0.717) is 0 Å². The van der Waals surface area contributed by atoms with E-state index in [2.05, 4.69) is 24.1 Å². The van der Waals surface area contributed by atoms with Gasteiger partial charge in [-0.3, -0.25) is 4.90 Å². The Kier molecular flexibility index (Phi) is 7.32. The van der Waals surface area contributed by atoms with Crippen LogP contribution in [0.15, 0.2) is 0 Å². The van der Waals surface area contributed by atoms with Crippen molar-refractivity contribution in [3.05, 3.63) is 0 Å². The zero-order chi connectivity index (χ0) is 14.2. The lowest BCUT2D eigenvalue weighted by molar-refractivity contribution is 0.0373. The van der Waals surface area contributed by atoms with Gasteiger partial charge in [-0.15, -0.1) is 0 Å². The van der Waals surface area contributed by atoms with Gasteiger partial charge in [0.1, 0.15) is 0 Å². The first kappa shape index (κ1) is 16.3. The molecule has 1 aliphatic heterocycles. The number of nitrogens with one attached hydrogen (secondary N) is 1. The van der Waals surface area contributed by atoms with Gasteiger partial charge in [-0.2, -0.15) is 0 Å². The molecule has 0 amide bonds. The summed E-state index contributed by atoms with van der Waals surface area (Å²) in [5, 5.41) is 3.81. The lowest BCUT2D eigenvalue weighted by Gasteiger charge is -2.31. The van der Waals surface area contributed by atoms with Crippen LogP contribution in [0.1, 0.15) is 52.4 Å². The van der Waals surface area contributed by atoms with Crippen molar-refractivity contribution in [1.29, 1.82) is 0 Å². The second-order valence-electron chi connectivity index (χ2n) is 7.12. The Morgan fingerprint density at radius 2 is 2.00 bits per heavy atom. The highest BCUT2D eigenvalue weighted by Gasteiger charge is 2.22. The second-order valence-corrected chi connectivity index (χ2v) is 7.12. The van der Waals surface area contributed by atoms with Gasteiger partial charge in [-0.05, 0) is 50.6 Å². The zero-order valence-electron chi connectivity index (χ0n) is 13.6. The fourth-order valence-electron chi connectivity index (χ4n) is 3.79. The molecule has 0 bridgehead atoms. The maximum atomic E-state index is 5.39. The van der Waals surface area contributed by atoms with E-state index >= 15 is 0 Å². The molecule has 3 heteroatoms. The zero-order valence-corrected chi connectivity index (χ0v) is 13.6. The van der Waals surface area contributed by atoms with Gasteiger partial charge < -0.3 is 10.1 Å². The van der Waals surface area contributed by atoms with Crippen LogP contribution < -0.4 is 5.32 Å². The first-order chi connectivity index (χ1) is 9.74. The van der Waals surface area contributed by atoms with Crippen LogP contribution >= 0.6 is 0 Å². The number of rotatable bonds is 7. The van der Waals surface area contributed by atoms with E-state index < -0.39 is 0 Å². The molecule has 118 valence electrons. The van der Waals surface area contributed by atoms with E-state index in [1.165, 1.54) is 51.6 Å². The lowest BCUT2D eigenvalue weighted by atomic mass is 9.81. The van der Waals surface area contributed by atoms with Crippen LogP contribution in [0.25, 0.3) is 0 Å². The SMILES string of the molecule is CC(C)CC1CCCC(NCCCN2CCOCC2)C1. The van der Waals surface area contributed by atoms with Gasteiger partial charge in [0.25, 0.3) is 0 Å². The fraction of sp³-hybridized carbons (Fsp3) is 1.00. The van der Waals surface area contributed by atoms with E-state index in [1.807, 2.05) is 0 Å². The van der Waals surface area contributed by atoms with Gasteiger partial charge in [0.2, 0.25) is 0 Å². The molecule has 1 N–H and O–H groups in total. The van der Waals surface area contributed by atoms with Crippen molar-refractivity contribution in [3.63, 3.8) is 0 Å². The van der Waals surface area contributed by atoms with Crippen LogP contribution in [0.5, 0.6) is 0 Å². The number of hydrogen-bond acceptors (Lipinski definition) is 3. The van der Waals surface area contributed by atoms with E-state index in [4.69, 9.17) is 4.74 Å². The summed E-state index contributed by atoms with van der Waals surface area (Å²) in [5.41, 5.74) is 0. The molecule has 2 aliphatic rings. The Balaban J connectivity index is 1.54. The molecule has 0 radical (unpaired) electrons. The molecule has 1 saturated heterocycles. The molecule has 0 spiro atoms. The van der Waals surface area contributed by atoms with E-state index in [-0.39, 0.29) is 0 Å². The van der Waals surface area contributed by atoms with Crippen LogP contribution in [-0.2, 0) is 4.74 Å². The van der Waals surface area contributed by atoms with Crippen molar-refractivity contribution in [1.82, 2.24) is 10.2 Å². The van der Waals surface area contributed by atoms with Crippen LogP contribution in [0.3, 0.4) is 0 Å². The van der Waals surface area contributed by atoms with Crippen molar-refractivity contribution < 1.29 is 4.74 Å². The van der Waals surface area contributed by atoms with Crippen LogP contribution in [0, 0.1) is 11.8 Å². The Bertz CT molecular complexity index is 251. The summed E-state index contributed by atoms with van der Waals surface area (Å²) in [4.78, 5) is 2.54. The molecule has 3 nitrogen and oxygen atoms in total. The lowest BCUT2D eigenvalue weighted by Crippen LogP contribution is -2.39. The average Bonchev–Trinajstić information content (AvgIpc) is 2.44. The monoisotopic (exact) mass is 282 g/mol. The summed E-state index contributed by atoms with van der Waals surface area (Å²) in [6.07, 6.45) is 8.40. The summed E-state index contributed by atoms with van der Waals surface area (Å²) < 4.78 is 5.39. The van der Waals surface area contributed by atoms with Crippen molar-refractivity contribution >= 4 is 0 Å². The molecule has 1 aliphatic carbocycles. The third-order valence-electron chi connectivity index (χ3n) is 4.78. The number of nitrogens with zero attached hydrogens (tertiary/aromatic N) is 1. The average molecular weight is 282 g/mol. The molecule has 0 aromatic heterocycles. The van der Waals surface area contributed by atoms with Crippen LogP contribution in [0.2, 0.25) is 0 Å². The molecule has 0 aromatic rings. The molecule has 0 aromatic carbocycles. The summed E-state index contributed by atoms with van der Waals surface area (Å²) in [5.74, 6) is 1.83. The summed E-state index contributed by atoms with van der Waals surface area (Å²) in [7, 11) is 0. The first-order valence-corrected chi connectivity index (χ1v) is 8.77. The quantitative estimate of drug-likeness (QED) is 0.727. The molecular weight excluding hydrogens is 248 g/mol. The summed E-state index contributed by atoms with van der Waals surface area (Å²) in [6, 6.07) is 0.789. The molecule has 1 saturated carbocycles. The molecule has 1 heterocycles. The molecular formula is C17H34N2O. The van der Waals surface area contributed by atoms with Gasteiger partial charge in [0.15, 0.2) is 0 Å². The van der Waals surface area contributed by atoms with Gasteiger partial charge >= 0.3 is 0 Å². The molecule has 2 fully saturated rings. The van der Waals surface area contributed by atoms with Gasteiger partial charge in [0.05, 0.1) is 13.2 Å². The van der Waals surface area contributed by atoms with Gasteiger partial charge in [0, 0.05) is 19.1 Å². The van der Waals surface area contributed by atoms with Crippen LogP contribution in [-0.4, -0.2) is 50.3 Å². The summed E-state index contributed by atoms with van der Waals surface area (Å²) >= 11 is 0. The number of hydrogen-bond donors (Lipinski definition) is 1. The third kappa shape index (κ3) is 6.11. The topological polar surface area (TPSA) is 24.5 Å². The minimum Gasteiger partial charge on any atom is -0.379 e. The van der Waals surface area contributed by atoms with Crippen molar-refractivity contribution in [2.75, 3.05) is 39.4 Å². The molecule has 2 unspecified atom stereocenters. The highest BCUT2D eigenvalue weighted by molar-refractivity contribution is 4.78. The van der Waals surface area contributed by atoms with E-state index in [9.17, 15) is 0 Å². The van der Waals surface area contributed by atoms with Gasteiger partial charge in [-0.1, -0.05) is 26.7 Å². The molecule has 2 atom stereocenters. The Labute approximate surface area is 125 Å². The normalized spacial score (nSPS) is 28.9. The minimum absolute atomic E-state index is 0.789. The van der Waals surface area contributed by atoms with Crippen molar-refractivity contribution in [3.8, 4) is 0 Å². The first-order valence-electron chi connectivity index (χ1n) is 8.77. The fourth-order valence-corrected chi connectivity index (χ4v) is 3.79. The minimum atomic E-state index is 0.789. The maximum absolute atomic E-state index is 5.39. The van der Waals surface area contributed by atoms with Gasteiger partial charge in [-0.25, -0.2) is 0 Å². The third-order valence-corrected chi connectivity index (χ3v) is 4.78. The Morgan fingerprint density at radius 3 is 2.75 bits per heavy atom. The predicted octanol–water partition coefficient (Wildman–Crippen LogP) is 2.90. The van der Waals surface area contributed by atoms with E-state index in [0.717, 1.165) is 44.2 Å².